The normalized spacial score (nSPS) is 28.0. The van der Waals surface area contributed by atoms with Gasteiger partial charge in [0.1, 0.15) is 71.8 Å². The van der Waals surface area contributed by atoms with Gasteiger partial charge in [-0.1, -0.05) is 47.6 Å². The van der Waals surface area contributed by atoms with Crippen molar-refractivity contribution >= 4 is 87.2 Å². The summed E-state index contributed by atoms with van der Waals surface area (Å²) in [4.78, 5) is 209. The quantitative estimate of drug-likeness (QED) is 0.0521. The second-order valence-corrected chi connectivity index (χ2v) is 25.2. The lowest BCUT2D eigenvalue weighted by Gasteiger charge is -2.37. The number of nitrogens with zero attached hydrogens (tertiary/aromatic N) is 7. The maximum atomic E-state index is 15.2. The average molecular weight is 1270 g/mol. The fourth-order valence-corrected chi connectivity index (χ4v) is 12.2. The average Bonchev–Trinajstić information content (AvgIpc) is 1.37. The van der Waals surface area contributed by atoms with E-state index in [0.29, 0.717) is 6.42 Å². The first-order valence-electron chi connectivity index (χ1n) is 30.3. The summed E-state index contributed by atoms with van der Waals surface area (Å²) in [5.74, 6) is -14.4. The molecule has 6 aliphatic rings. The Morgan fingerprint density at radius 3 is 1.88 bits per heavy atom. The first kappa shape index (κ1) is 70.3. The Balaban J connectivity index is 1.34. The van der Waals surface area contributed by atoms with Crippen molar-refractivity contribution in [1.82, 2.24) is 56.0 Å². The molecule has 5 heterocycles. The Morgan fingerprint density at radius 2 is 1.29 bits per heavy atom. The van der Waals surface area contributed by atoms with Gasteiger partial charge in [0.25, 0.3) is 0 Å². The lowest BCUT2D eigenvalue weighted by Crippen LogP contribution is -2.62. The summed E-state index contributed by atoms with van der Waals surface area (Å²) in [6.45, 7) is 14.9. The van der Waals surface area contributed by atoms with E-state index in [2.05, 4.69) is 26.3 Å². The van der Waals surface area contributed by atoms with Crippen molar-refractivity contribution in [3.05, 3.63) is 44.6 Å². The van der Waals surface area contributed by atoms with E-state index in [0.717, 1.165) is 19.9 Å². The molecule has 12 atom stereocenters. The van der Waals surface area contributed by atoms with Gasteiger partial charge in [-0.15, -0.1) is 0 Å². The molecular formula is C61H84N12O18. The van der Waals surface area contributed by atoms with Crippen molar-refractivity contribution in [2.45, 2.75) is 168 Å². The minimum atomic E-state index is -2.25. The number of aromatic nitrogens is 1. The molecule has 1 aromatic carbocycles. The van der Waals surface area contributed by atoms with E-state index in [9.17, 15) is 53.4 Å². The Hall–Kier alpha value is -8.16. The van der Waals surface area contributed by atoms with Crippen LogP contribution in [0, 0.1) is 31.6 Å². The molecule has 7 rings (SSSR count). The van der Waals surface area contributed by atoms with Gasteiger partial charge >= 0.3 is 0 Å². The van der Waals surface area contributed by atoms with E-state index in [-0.39, 0.29) is 36.1 Å². The maximum absolute atomic E-state index is 15.2. The number of Topliss-reactive ketones (excluding diaryl/α,β-unsaturated/α-hetero) is 4. The number of aliphatic hydroxyl groups excluding tert-OH is 2. The van der Waals surface area contributed by atoms with Crippen LogP contribution in [0.25, 0.3) is 22.6 Å². The van der Waals surface area contributed by atoms with Gasteiger partial charge in [-0.3, -0.25) is 72.0 Å². The van der Waals surface area contributed by atoms with Crippen LogP contribution in [-0.2, 0) is 57.6 Å². The van der Waals surface area contributed by atoms with Crippen LogP contribution in [-0.4, -0.2) is 242 Å². The standard InChI is InChI=1S/C61H84N12O18/c1-25(2)41-57(84)66-43(32(11)90-71(15)47(27(5)6)61(88)69(13)22-37(76)72-20-16-17-34(72)56(83)64-41)52(81)50(79)33-19-18-28(7)54-44(33)63-46-39(40(62)49(78)30(9)55(46)89-54)51(80)53(82)45-36(24-74)91-70(14)31(10)60(87)68(12)23-38(77)73-29(8)21-35(75)48(73)59(86)65-42(26(3)4)58(85)67-45/h18-19,25-27,29,31-32,34-36,41-43,45,47-48,74-75H,16-17,20-24,62H2,1-15H3,(H,64,83)(H,65,86)(H,66,84)(H,67,85)/t29?,31-,32+,34-,35?,36+,41+,42+,43-,45-,47-,48-/m0/s1. The fraction of sp³-hybridized carbons (Fsp3) is 0.607. The van der Waals surface area contributed by atoms with Gasteiger partial charge in [0.15, 0.2) is 11.3 Å². The van der Waals surface area contributed by atoms with Gasteiger partial charge < -0.3 is 61.2 Å². The Kier molecular flexibility index (Phi) is 21.7. The van der Waals surface area contributed by atoms with Crippen LogP contribution in [0.3, 0.4) is 0 Å². The summed E-state index contributed by atoms with van der Waals surface area (Å²) < 4.78 is 6.33. The molecule has 1 aromatic rings. The minimum Gasteiger partial charge on any atom is -0.452 e. The molecule has 8 amide bonds. The molecule has 8 N–H and O–H groups in total. The van der Waals surface area contributed by atoms with Gasteiger partial charge in [-0.05, 0) is 83.3 Å². The zero-order valence-corrected chi connectivity index (χ0v) is 53.9. The summed E-state index contributed by atoms with van der Waals surface area (Å²) in [6, 6.07) is -10.1. The number of nitrogen functional groups attached to an aromatic ring is 1. The van der Waals surface area contributed by atoms with E-state index in [4.69, 9.17) is 19.8 Å². The van der Waals surface area contributed by atoms with Crippen molar-refractivity contribution < 1.29 is 81.8 Å². The smallest absolute Gasteiger partial charge is 0.246 e. The van der Waals surface area contributed by atoms with Crippen molar-refractivity contribution in [2.75, 3.05) is 60.2 Å². The van der Waals surface area contributed by atoms with E-state index >= 15 is 19.2 Å². The number of hydrogen-bond donors (Lipinski definition) is 7. The first-order chi connectivity index (χ1) is 42.6. The zero-order chi connectivity index (χ0) is 67.8. The Morgan fingerprint density at radius 1 is 0.714 bits per heavy atom. The predicted molar refractivity (Wildman–Crippen MR) is 324 cm³/mol. The third-order valence-corrected chi connectivity index (χ3v) is 17.5. The number of nitrogens with one attached hydrogen (secondary N) is 4. The summed E-state index contributed by atoms with van der Waals surface area (Å²) in [7, 11) is 5.37. The van der Waals surface area contributed by atoms with Crippen LogP contribution in [0.15, 0.2) is 21.3 Å². The molecule has 1 aliphatic carbocycles. The number of benzene rings is 2. The van der Waals surface area contributed by atoms with E-state index in [1.165, 1.54) is 91.7 Å². The lowest BCUT2D eigenvalue weighted by molar-refractivity contribution is -0.219. The van der Waals surface area contributed by atoms with Crippen molar-refractivity contribution in [2.24, 2.45) is 17.8 Å². The molecule has 30 heteroatoms. The molecule has 4 fully saturated rings. The van der Waals surface area contributed by atoms with E-state index in [1.807, 2.05) is 0 Å². The zero-order valence-electron chi connectivity index (χ0n) is 53.9. The number of carbonyl (C=O) groups is 12. The molecule has 5 aliphatic heterocycles. The van der Waals surface area contributed by atoms with Crippen LogP contribution < -0.4 is 32.4 Å². The van der Waals surface area contributed by atoms with Crippen molar-refractivity contribution in [1.29, 1.82) is 0 Å². The fourth-order valence-electron chi connectivity index (χ4n) is 12.2. The SMILES string of the molecule is Cc1c2oc3c(C)ccc(C(=O)C(=O)[C@H]4NC(=O)[C@@H](C(C)C)NC(=O)[C@@H]5CCCN5C(=O)CN(C)C(=O)[C@H](C(C)C)N(C)O[C@@H]4C)c3nc-2c(C(=O)C(=O)[C@H]2NC(=O)[C@@H](C(C)C)NC(=O)[C@@H]3C(O)CC(C)N3C(=O)CN(C)C(=O)[C@H](C)N(C)O[C@@H]2CO)c(N)c1=O. The van der Waals surface area contributed by atoms with Crippen molar-refractivity contribution in [3.8, 4) is 11.5 Å². The van der Waals surface area contributed by atoms with Crippen LogP contribution in [0.4, 0.5) is 5.69 Å². The molecule has 496 valence electrons. The number of likely N-dealkylation sites (N-methyl/N-ethyl adjacent to an activating group) is 4. The molecule has 4 saturated heterocycles. The molecule has 30 nitrogen and oxygen atoms in total. The maximum Gasteiger partial charge on any atom is 0.246 e. The summed E-state index contributed by atoms with van der Waals surface area (Å²) in [5, 5.41) is 34.5. The minimum absolute atomic E-state index is 0.0395. The largest absolute Gasteiger partial charge is 0.452 e. The number of anilines is 1. The number of rotatable bonds is 10. The number of nitrogens with two attached hydrogens (primary N) is 1. The highest BCUT2D eigenvalue weighted by molar-refractivity contribution is 6.48. The number of hydrogen-bond acceptors (Lipinski definition) is 22. The van der Waals surface area contributed by atoms with Crippen molar-refractivity contribution in [3.63, 3.8) is 0 Å². The molecule has 0 saturated carbocycles. The third-order valence-electron chi connectivity index (χ3n) is 17.5. The highest BCUT2D eigenvalue weighted by Crippen LogP contribution is 2.36. The number of fused-ring (bicyclic) bond motifs is 4. The number of aryl methyl sites for hydroxylation is 1. The monoisotopic (exact) mass is 1270 g/mol. The lowest BCUT2D eigenvalue weighted by atomic mass is 9.91. The predicted octanol–water partition coefficient (Wildman–Crippen LogP) is -1.58. The molecular weight excluding hydrogens is 1190 g/mol. The van der Waals surface area contributed by atoms with Crippen LogP contribution in [0.2, 0.25) is 0 Å². The van der Waals surface area contributed by atoms with Gasteiger partial charge in [-0.2, -0.15) is 10.1 Å². The van der Waals surface area contributed by atoms with Crippen LogP contribution in [0.5, 0.6) is 0 Å². The summed E-state index contributed by atoms with van der Waals surface area (Å²) >= 11 is 0. The molecule has 0 radical (unpaired) electrons. The first-order valence-corrected chi connectivity index (χ1v) is 30.3. The third kappa shape index (κ3) is 14.0. The molecule has 0 bridgehead atoms. The number of aliphatic hydroxyl groups is 2. The Labute approximate surface area is 525 Å². The van der Waals surface area contributed by atoms with Gasteiger partial charge in [-0.25, -0.2) is 4.98 Å². The Bertz CT molecular complexity index is 3460. The summed E-state index contributed by atoms with van der Waals surface area (Å²) in [6.07, 6.45) is -4.16. The van der Waals surface area contributed by atoms with Crippen LogP contribution in [0.1, 0.15) is 113 Å². The van der Waals surface area contributed by atoms with Gasteiger partial charge in [0, 0.05) is 46.3 Å². The van der Waals surface area contributed by atoms with E-state index < -0.39 is 220 Å². The second-order valence-electron chi connectivity index (χ2n) is 25.2. The molecule has 91 heavy (non-hydrogen) atoms. The number of ketones is 4. The second kappa shape index (κ2) is 28.1. The van der Waals surface area contributed by atoms with Crippen LogP contribution >= 0.6 is 0 Å². The van der Waals surface area contributed by atoms with Gasteiger partial charge in [0.05, 0.1) is 42.6 Å². The molecule has 0 aromatic heterocycles. The summed E-state index contributed by atoms with van der Waals surface area (Å²) in [5.41, 5.74) is 1.96. The number of amides is 8. The highest BCUT2D eigenvalue weighted by Gasteiger charge is 2.49. The molecule has 0 spiro atoms. The number of carbonyl (C=O) groups excluding carboxylic acids is 12. The number of hydroxylamine groups is 4. The van der Waals surface area contributed by atoms with Gasteiger partial charge in [0.2, 0.25) is 75.8 Å². The molecule has 2 unspecified atom stereocenters. The highest BCUT2D eigenvalue weighted by atomic mass is 16.7. The van der Waals surface area contributed by atoms with E-state index in [1.54, 1.807) is 34.6 Å². The topological polar surface area (TPSA) is 400 Å².